The number of amidine groups is 1. The topological polar surface area (TPSA) is 55.6 Å². The van der Waals surface area contributed by atoms with E-state index in [2.05, 4.69) is 0 Å². The molecule has 1 aromatic carbocycles. The third kappa shape index (κ3) is 1.76. The molecular weight excluding hydrogens is 244 g/mol. The maximum absolute atomic E-state index is 12.5. The average Bonchev–Trinajstić information content (AvgIpc) is 2.49. The molecule has 1 radical (unpaired) electrons. The van der Waals surface area contributed by atoms with E-state index < -0.39 is 11.1 Å². The minimum absolute atomic E-state index is 0.262. The summed E-state index contributed by atoms with van der Waals surface area (Å²) in [4.78, 5) is 0. The summed E-state index contributed by atoms with van der Waals surface area (Å²) in [5.74, 6) is 0.973. The van der Waals surface area contributed by atoms with E-state index in [1.54, 1.807) is 31.4 Å². The lowest BCUT2D eigenvalue weighted by atomic mass is 9.84. The van der Waals surface area contributed by atoms with Crippen LogP contribution in [-0.2, 0) is 5.21 Å². The molecule has 1 N–H and O–H groups in total. The predicted octanol–water partition coefficient (Wildman–Crippen LogP) is 2.06. The first-order chi connectivity index (χ1) is 8.73. The molecule has 0 spiro atoms. The molecule has 5 heteroatoms. The molecule has 0 saturated carbocycles. The van der Waals surface area contributed by atoms with Gasteiger partial charge in [0.25, 0.3) is 0 Å². The molecule has 103 valence electrons. The zero-order valence-electron chi connectivity index (χ0n) is 12.0. The highest BCUT2D eigenvalue weighted by molar-refractivity contribution is 5.95. The van der Waals surface area contributed by atoms with Crippen LogP contribution >= 0.6 is 0 Å². The first-order valence-electron chi connectivity index (χ1n) is 6.21. The molecule has 1 aliphatic rings. The fraction of sp³-hybridized carbons (Fsp3) is 0.500. The van der Waals surface area contributed by atoms with Crippen molar-refractivity contribution in [3.63, 3.8) is 0 Å². The van der Waals surface area contributed by atoms with Crippen LogP contribution in [0.5, 0.6) is 5.75 Å². The Labute approximate surface area is 113 Å². The molecule has 1 aromatic rings. The third-order valence-electron chi connectivity index (χ3n) is 4.28. The second-order valence-corrected chi connectivity index (χ2v) is 5.78. The number of hydrogen-bond acceptors (Lipinski definition) is 3. The van der Waals surface area contributed by atoms with Crippen molar-refractivity contribution < 1.29 is 19.9 Å². The summed E-state index contributed by atoms with van der Waals surface area (Å²) in [7, 11) is 1.59. The summed E-state index contributed by atoms with van der Waals surface area (Å²) in [6, 6.07) is 7.06. The Morgan fingerprint density at radius 2 is 1.68 bits per heavy atom. The number of hydrogen-bond donors (Lipinski definition) is 1. The van der Waals surface area contributed by atoms with Gasteiger partial charge in [0.15, 0.2) is 11.1 Å². The van der Waals surface area contributed by atoms with Crippen molar-refractivity contribution in [2.45, 2.75) is 38.8 Å². The van der Waals surface area contributed by atoms with E-state index in [-0.39, 0.29) is 5.84 Å². The Kier molecular flexibility index (Phi) is 2.97. The van der Waals surface area contributed by atoms with Gasteiger partial charge in [0.2, 0.25) is 0 Å². The van der Waals surface area contributed by atoms with Crippen molar-refractivity contribution in [3.05, 3.63) is 29.8 Å². The molecule has 5 nitrogen and oxygen atoms in total. The van der Waals surface area contributed by atoms with Crippen molar-refractivity contribution in [3.8, 4) is 5.75 Å². The lowest BCUT2D eigenvalue weighted by Crippen LogP contribution is -2.53. The van der Waals surface area contributed by atoms with Crippen molar-refractivity contribution in [2.24, 2.45) is 0 Å². The number of nitrogens with zero attached hydrogens (tertiary/aromatic N) is 2. The highest BCUT2D eigenvalue weighted by atomic mass is 16.5. The van der Waals surface area contributed by atoms with Gasteiger partial charge in [-0.2, -0.15) is 0 Å². The maximum atomic E-state index is 12.5. The molecule has 0 fully saturated rings. The molecule has 0 atom stereocenters. The van der Waals surface area contributed by atoms with Crippen LogP contribution in [0, 0.1) is 0 Å². The van der Waals surface area contributed by atoms with Crippen molar-refractivity contribution in [1.29, 1.82) is 0 Å². The monoisotopic (exact) mass is 264 g/mol. The maximum Gasteiger partial charge on any atom is 0.354 e. The van der Waals surface area contributed by atoms with Crippen LogP contribution < -0.4 is 4.74 Å². The molecule has 0 aliphatic carbocycles. The van der Waals surface area contributed by atoms with E-state index in [1.807, 2.05) is 27.7 Å². The summed E-state index contributed by atoms with van der Waals surface area (Å²) < 4.78 is 5.96. The van der Waals surface area contributed by atoms with Gasteiger partial charge in [-0.3, -0.25) is 0 Å². The molecule has 1 heterocycles. The first-order valence-corrected chi connectivity index (χ1v) is 6.21. The first kappa shape index (κ1) is 13.7. The molecule has 0 amide bonds. The minimum atomic E-state index is -0.725. The Balaban J connectivity index is 2.52. The molecule has 0 bridgehead atoms. The second-order valence-electron chi connectivity index (χ2n) is 5.78. The Morgan fingerprint density at radius 1 is 1.16 bits per heavy atom. The SMILES string of the molecule is COc1ccc(C2=[N+]([O])C(C)(C)C(C)(C)N2O)cc1. The molecule has 1 aliphatic heterocycles. The molecular formula is C14H20N2O3+. The van der Waals surface area contributed by atoms with Gasteiger partial charge in [0.05, 0.1) is 12.7 Å². The molecule has 0 unspecified atom stereocenters. The van der Waals surface area contributed by atoms with Gasteiger partial charge in [-0.15, -0.1) is 5.06 Å². The lowest BCUT2D eigenvalue weighted by molar-refractivity contribution is -0.854. The van der Waals surface area contributed by atoms with Gasteiger partial charge < -0.3 is 4.74 Å². The average molecular weight is 264 g/mol. The quantitative estimate of drug-likeness (QED) is 0.832. The van der Waals surface area contributed by atoms with E-state index in [1.165, 1.54) is 0 Å². The van der Waals surface area contributed by atoms with Crippen LogP contribution in [0.3, 0.4) is 0 Å². The van der Waals surface area contributed by atoms with Crippen LogP contribution in [0.15, 0.2) is 24.3 Å². The summed E-state index contributed by atoms with van der Waals surface area (Å²) in [5.41, 5.74) is -0.738. The van der Waals surface area contributed by atoms with Gasteiger partial charge >= 0.3 is 5.84 Å². The van der Waals surface area contributed by atoms with E-state index in [4.69, 9.17) is 4.74 Å². The zero-order chi connectivity index (χ0) is 14.4. The van der Waals surface area contributed by atoms with E-state index >= 15 is 0 Å². The highest BCUT2D eigenvalue weighted by Gasteiger charge is 2.63. The van der Waals surface area contributed by atoms with Crippen molar-refractivity contribution in [2.75, 3.05) is 7.11 Å². The largest absolute Gasteiger partial charge is 0.497 e. The number of rotatable bonds is 2. The highest BCUT2D eigenvalue weighted by Crippen LogP contribution is 2.36. The molecule has 0 aromatic heterocycles. The summed E-state index contributed by atoms with van der Waals surface area (Å²) in [6.07, 6.45) is 0. The van der Waals surface area contributed by atoms with Gasteiger partial charge in [0.1, 0.15) is 5.75 Å². The summed E-state index contributed by atoms with van der Waals surface area (Å²) in [5, 5.41) is 23.8. The fourth-order valence-corrected chi connectivity index (χ4v) is 2.10. The summed E-state index contributed by atoms with van der Waals surface area (Å²) >= 11 is 0. The van der Waals surface area contributed by atoms with E-state index in [0.717, 1.165) is 9.80 Å². The van der Waals surface area contributed by atoms with Crippen LogP contribution in [0.2, 0.25) is 0 Å². The van der Waals surface area contributed by atoms with E-state index in [0.29, 0.717) is 11.3 Å². The van der Waals surface area contributed by atoms with E-state index in [9.17, 15) is 10.4 Å². The van der Waals surface area contributed by atoms with Crippen LogP contribution in [0.1, 0.15) is 33.3 Å². The van der Waals surface area contributed by atoms with Crippen LogP contribution in [0.4, 0.5) is 0 Å². The Morgan fingerprint density at radius 3 is 2.05 bits per heavy atom. The number of ether oxygens (including phenoxy) is 1. The van der Waals surface area contributed by atoms with Gasteiger partial charge in [-0.1, -0.05) is 5.21 Å². The molecule has 2 rings (SSSR count). The number of benzene rings is 1. The fourth-order valence-electron chi connectivity index (χ4n) is 2.10. The molecule has 19 heavy (non-hydrogen) atoms. The van der Waals surface area contributed by atoms with Crippen molar-refractivity contribution >= 4 is 5.84 Å². The minimum Gasteiger partial charge on any atom is -0.497 e. The van der Waals surface area contributed by atoms with Gasteiger partial charge in [0, 0.05) is 0 Å². The van der Waals surface area contributed by atoms with Crippen molar-refractivity contribution in [1.82, 2.24) is 5.06 Å². The standard InChI is InChI=1S/C14H20N2O3/c1-13(2)14(3,4)16(18)12(15(13)17)10-6-8-11(19-5)9-7-10/h6-9,17H,1-5H3/q+1. The predicted molar refractivity (Wildman–Crippen MR) is 69.8 cm³/mol. The third-order valence-corrected chi connectivity index (χ3v) is 4.28. The Bertz CT molecular complexity index is 518. The lowest BCUT2D eigenvalue weighted by Gasteiger charge is -2.28. The molecule has 0 saturated heterocycles. The normalized spacial score (nSPS) is 20.8. The zero-order valence-corrected chi connectivity index (χ0v) is 12.0. The van der Waals surface area contributed by atoms with Gasteiger partial charge in [-0.25, -0.2) is 5.21 Å². The Hall–Kier alpha value is -1.75. The second kappa shape index (κ2) is 4.13. The van der Waals surface area contributed by atoms with Crippen LogP contribution in [-0.4, -0.2) is 39.0 Å². The smallest absolute Gasteiger partial charge is 0.354 e. The van der Waals surface area contributed by atoms with Crippen LogP contribution in [0.25, 0.3) is 0 Å². The number of hydroxylamine groups is 3. The summed E-state index contributed by atoms with van der Waals surface area (Å²) in [6.45, 7) is 7.32. The van der Waals surface area contributed by atoms with Gasteiger partial charge in [-0.05, 0) is 56.7 Å². The number of methoxy groups -OCH3 is 1.